The van der Waals surface area contributed by atoms with Gasteiger partial charge in [-0.2, -0.15) is 0 Å². The van der Waals surface area contributed by atoms with Crippen LogP contribution in [0.4, 0.5) is 0 Å². The lowest BCUT2D eigenvalue weighted by atomic mass is 9.87. The van der Waals surface area contributed by atoms with E-state index in [1.165, 1.54) is 0 Å². The van der Waals surface area contributed by atoms with E-state index in [0.29, 0.717) is 11.8 Å². The summed E-state index contributed by atoms with van der Waals surface area (Å²) in [4.78, 5) is 19.0. The molecular weight excluding hydrogens is 202 g/mol. The number of carbonyl (C=O) groups is 1. The van der Waals surface area contributed by atoms with Gasteiger partial charge in [0.15, 0.2) is 0 Å². The molecule has 0 aromatic rings. The van der Waals surface area contributed by atoms with E-state index < -0.39 is 0 Å². The van der Waals surface area contributed by atoms with E-state index >= 15 is 0 Å². The zero-order valence-electron chi connectivity index (χ0n) is 11.0. The molecule has 0 saturated carbocycles. The molecule has 0 radical (unpaired) electrons. The minimum Gasteiger partial charge on any atom is -0.329 e. The Hall–Kier alpha value is -0.610. The third-order valence-corrected chi connectivity index (χ3v) is 4.70. The lowest BCUT2D eigenvalue weighted by Crippen LogP contribution is -2.54. The Morgan fingerprint density at radius 2 is 2.00 bits per heavy atom. The van der Waals surface area contributed by atoms with Crippen LogP contribution in [0.2, 0.25) is 0 Å². The van der Waals surface area contributed by atoms with Gasteiger partial charge < -0.3 is 9.80 Å². The zero-order chi connectivity index (χ0) is 12.1. The molecule has 4 nitrogen and oxygen atoms in total. The van der Waals surface area contributed by atoms with Crippen LogP contribution in [0.5, 0.6) is 0 Å². The van der Waals surface area contributed by atoms with Crippen molar-refractivity contribution in [3.05, 3.63) is 0 Å². The molecule has 1 spiro atoms. The van der Waals surface area contributed by atoms with Crippen LogP contribution in [0, 0.1) is 5.92 Å². The number of likely N-dealkylation sites (tertiary alicyclic amines) is 1. The van der Waals surface area contributed by atoms with Gasteiger partial charge in [0.1, 0.15) is 5.54 Å². The first-order valence-electron chi connectivity index (χ1n) is 6.17. The molecule has 2 aliphatic heterocycles. The SMILES string of the molecule is CCN1CC(C)C2(C1)C(=O)N(C)C(C)N2C. The number of hydrogen-bond donors (Lipinski definition) is 0. The van der Waals surface area contributed by atoms with Crippen molar-refractivity contribution in [1.82, 2.24) is 14.7 Å². The molecule has 2 heterocycles. The van der Waals surface area contributed by atoms with Crippen molar-refractivity contribution in [2.45, 2.75) is 32.5 Å². The van der Waals surface area contributed by atoms with Crippen LogP contribution < -0.4 is 0 Å². The highest BCUT2D eigenvalue weighted by atomic mass is 16.2. The van der Waals surface area contributed by atoms with Gasteiger partial charge in [0, 0.05) is 20.1 Å². The highest BCUT2D eigenvalue weighted by Gasteiger charge is 2.59. The zero-order valence-corrected chi connectivity index (χ0v) is 11.0. The Balaban J connectivity index is 2.34. The van der Waals surface area contributed by atoms with Gasteiger partial charge in [-0.25, -0.2) is 0 Å². The summed E-state index contributed by atoms with van der Waals surface area (Å²) in [6.07, 6.45) is 0.215. The second-order valence-electron chi connectivity index (χ2n) is 5.31. The molecule has 2 saturated heterocycles. The largest absolute Gasteiger partial charge is 0.329 e. The summed E-state index contributed by atoms with van der Waals surface area (Å²) < 4.78 is 0. The summed E-state index contributed by atoms with van der Waals surface area (Å²) in [6.45, 7) is 9.43. The Morgan fingerprint density at radius 1 is 1.38 bits per heavy atom. The van der Waals surface area contributed by atoms with Gasteiger partial charge in [-0.3, -0.25) is 9.69 Å². The smallest absolute Gasteiger partial charge is 0.245 e. The molecule has 2 fully saturated rings. The first-order chi connectivity index (χ1) is 7.45. The third-order valence-electron chi connectivity index (χ3n) is 4.70. The van der Waals surface area contributed by atoms with Crippen molar-refractivity contribution < 1.29 is 4.79 Å². The molecule has 0 aliphatic carbocycles. The Morgan fingerprint density at radius 3 is 2.38 bits per heavy atom. The Kier molecular flexibility index (Phi) is 2.75. The second kappa shape index (κ2) is 3.70. The molecule has 4 heteroatoms. The first-order valence-corrected chi connectivity index (χ1v) is 6.17. The van der Waals surface area contributed by atoms with E-state index in [0.717, 1.165) is 19.6 Å². The van der Waals surface area contributed by atoms with Crippen molar-refractivity contribution in [3.63, 3.8) is 0 Å². The van der Waals surface area contributed by atoms with Crippen LogP contribution in [-0.4, -0.2) is 66.0 Å². The molecule has 3 unspecified atom stereocenters. The summed E-state index contributed by atoms with van der Waals surface area (Å²) in [5.41, 5.74) is -0.274. The highest BCUT2D eigenvalue weighted by Crippen LogP contribution is 2.40. The number of amides is 1. The van der Waals surface area contributed by atoms with Crippen molar-refractivity contribution in [2.75, 3.05) is 33.7 Å². The predicted octanol–water partition coefficient (Wildman–Crippen LogP) is 0.447. The summed E-state index contributed by atoms with van der Waals surface area (Å²) in [7, 11) is 4.00. The second-order valence-corrected chi connectivity index (χ2v) is 5.31. The molecular formula is C12H23N3O. The van der Waals surface area contributed by atoms with Gasteiger partial charge in [-0.05, 0) is 26.4 Å². The van der Waals surface area contributed by atoms with E-state index in [-0.39, 0.29) is 11.7 Å². The van der Waals surface area contributed by atoms with Gasteiger partial charge in [0.05, 0.1) is 6.17 Å². The molecule has 1 amide bonds. The topological polar surface area (TPSA) is 26.8 Å². The lowest BCUT2D eigenvalue weighted by Gasteiger charge is -2.33. The van der Waals surface area contributed by atoms with Crippen LogP contribution in [-0.2, 0) is 4.79 Å². The fourth-order valence-corrected chi connectivity index (χ4v) is 3.30. The standard InChI is InChI=1S/C12H23N3O/c1-6-15-7-9(2)12(8-15)11(16)13(4)10(3)14(12)5/h9-10H,6-8H2,1-5H3. The molecule has 0 N–H and O–H groups in total. The quantitative estimate of drug-likeness (QED) is 0.648. The summed E-state index contributed by atoms with van der Waals surface area (Å²) in [5, 5.41) is 0. The van der Waals surface area contributed by atoms with Gasteiger partial charge in [-0.1, -0.05) is 13.8 Å². The number of hydrogen-bond acceptors (Lipinski definition) is 3. The van der Waals surface area contributed by atoms with Crippen molar-refractivity contribution in [1.29, 1.82) is 0 Å². The lowest BCUT2D eigenvalue weighted by molar-refractivity contribution is -0.133. The normalized spacial score (nSPS) is 41.6. The van der Waals surface area contributed by atoms with Gasteiger partial charge in [0.2, 0.25) is 5.91 Å². The molecule has 0 aromatic carbocycles. The highest BCUT2D eigenvalue weighted by molar-refractivity contribution is 5.89. The van der Waals surface area contributed by atoms with Gasteiger partial charge in [-0.15, -0.1) is 0 Å². The fourth-order valence-electron chi connectivity index (χ4n) is 3.30. The number of rotatable bonds is 1. The average Bonchev–Trinajstić information content (AvgIpc) is 2.69. The first kappa shape index (κ1) is 11.9. The fraction of sp³-hybridized carbons (Fsp3) is 0.917. The van der Waals surface area contributed by atoms with Crippen LogP contribution >= 0.6 is 0 Å². The summed E-state index contributed by atoms with van der Waals surface area (Å²) in [5.74, 6) is 0.711. The summed E-state index contributed by atoms with van der Waals surface area (Å²) >= 11 is 0. The van der Waals surface area contributed by atoms with Gasteiger partial charge >= 0.3 is 0 Å². The van der Waals surface area contributed by atoms with E-state index in [1.54, 1.807) is 0 Å². The van der Waals surface area contributed by atoms with E-state index in [1.807, 2.05) is 11.9 Å². The monoisotopic (exact) mass is 225 g/mol. The molecule has 0 bridgehead atoms. The predicted molar refractivity (Wildman–Crippen MR) is 64.0 cm³/mol. The minimum absolute atomic E-state index is 0.215. The van der Waals surface area contributed by atoms with Gasteiger partial charge in [0.25, 0.3) is 0 Å². The number of carbonyl (C=O) groups excluding carboxylic acids is 1. The minimum atomic E-state index is -0.274. The number of nitrogens with zero attached hydrogens (tertiary/aromatic N) is 3. The van der Waals surface area contributed by atoms with E-state index in [9.17, 15) is 4.79 Å². The maximum Gasteiger partial charge on any atom is 0.245 e. The van der Waals surface area contributed by atoms with Crippen LogP contribution in [0.15, 0.2) is 0 Å². The number of likely N-dealkylation sites (N-methyl/N-ethyl adjacent to an activating group) is 3. The van der Waals surface area contributed by atoms with Crippen molar-refractivity contribution in [2.24, 2.45) is 5.92 Å². The molecule has 16 heavy (non-hydrogen) atoms. The Bertz CT molecular complexity index is 307. The van der Waals surface area contributed by atoms with E-state index in [4.69, 9.17) is 0 Å². The molecule has 2 aliphatic rings. The third kappa shape index (κ3) is 1.26. The Labute approximate surface area is 98.2 Å². The maximum atomic E-state index is 12.5. The van der Waals surface area contributed by atoms with Crippen molar-refractivity contribution >= 4 is 5.91 Å². The molecule has 92 valence electrons. The molecule has 0 aromatic heterocycles. The summed E-state index contributed by atoms with van der Waals surface area (Å²) in [6, 6.07) is 0. The van der Waals surface area contributed by atoms with Crippen LogP contribution in [0.25, 0.3) is 0 Å². The van der Waals surface area contributed by atoms with Crippen LogP contribution in [0.3, 0.4) is 0 Å². The molecule has 3 atom stereocenters. The maximum absolute atomic E-state index is 12.5. The van der Waals surface area contributed by atoms with Crippen molar-refractivity contribution in [3.8, 4) is 0 Å². The molecule has 2 rings (SSSR count). The van der Waals surface area contributed by atoms with Crippen LogP contribution in [0.1, 0.15) is 20.8 Å². The average molecular weight is 225 g/mol. The van der Waals surface area contributed by atoms with E-state index in [2.05, 4.69) is 37.6 Å².